The highest BCUT2D eigenvalue weighted by atomic mass is 32.1. The van der Waals surface area contributed by atoms with Gasteiger partial charge >= 0.3 is 0 Å². The molecule has 0 unspecified atom stereocenters. The lowest BCUT2D eigenvalue weighted by Gasteiger charge is -2.13. The number of para-hydroxylation sites is 2. The third-order valence-electron chi connectivity index (χ3n) is 11.3. The summed E-state index contributed by atoms with van der Waals surface area (Å²) in [7, 11) is 0. The average molecular weight is 758 g/mol. The Balaban J connectivity index is 1.11. The van der Waals surface area contributed by atoms with E-state index in [1.807, 2.05) is 23.5 Å². The summed E-state index contributed by atoms with van der Waals surface area (Å²) in [6.07, 6.45) is 0. The van der Waals surface area contributed by atoms with Gasteiger partial charge in [0.25, 0.3) is 0 Å². The van der Waals surface area contributed by atoms with Gasteiger partial charge in [-0.3, -0.25) is 0 Å². The topological polar surface area (TPSA) is 51.8 Å². The largest absolute Gasteiger partial charge is 0.455 e. The number of thiophene rings is 1. The van der Waals surface area contributed by atoms with Crippen molar-refractivity contribution in [1.82, 2.24) is 15.0 Å². The lowest BCUT2D eigenvalue weighted by molar-refractivity contribution is 0.670. The predicted octanol–water partition coefficient (Wildman–Crippen LogP) is 14.8. The number of rotatable bonds is 5. The van der Waals surface area contributed by atoms with Crippen molar-refractivity contribution in [2.24, 2.45) is 0 Å². The van der Waals surface area contributed by atoms with E-state index < -0.39 is 0 Å². The molecule has 0 saturated heterocycles. The van der Waals surface area contributed by atoms with Gasteiger partial charge in [0, 0.05) is 53.2 Å². The van der Waals surface area contributed by atoms with E-state index in [1.54, 1.807) is 0 Å². The molecule has 0 radical (unpaired) electrons. The zero-order valence-electron chi connectivity index (χ0n) is 31.1. The molecule has 4 nitrogen and oxygen atoms in total. The van der Waals surface area contributed by atoms with Crippen LogP contribution in [0, 0.1) is 0 Å². The van der Waals surface area contributed by atoms with Crippen LogP contribution >= 0.6 is 11.3 Å². The van der Waals surface area contributed by atoms with Crippen LogP contribution in [-0.4, -0.2) is 15.0 Å². The smallest absolute Gasteiger partial charge is 0.164 e. The molecule has 9 aromatic carbocycles. The van der Waals surface area contributed by atoms with Crippen molar-refractivity contribution >= 4 is 75.0 Å². The Labute approximate surface area is 337 Å². The quantitative estimate of drug-likeness (QED) is 0.175. The van der Waals surface area contributed by atoms with E-state index >= 15 is 0 Å². The lowest BCUT2D eigenvalue weighted by atomic mass is 9.94. The number of fused-ring (bicyclic) bond motifs is 8. The number of aromatic nitrogens is 3. The molecule has 270 valence electrons. The van der Waals surface area contributed by atoms with Crippen molar-refractivity contribution < 1.29 is 4.42 Å². The van der Waals surface area contributed by atoms with Crippen LogP contribution in [0.4, 0.5) is 0 Å². The van der Waals surface area contributed by atoms with E-state index in [0.717, 1.165) is 71.7 Å². The molecule has 12 aromatic rings. The molecule has 0 amide bonds. The van der Waals surface area contributed by atoms with Crippen molar-refractivity contribution in [2.45, 2.75) is 0 Å². The van der Waals surface area contributed by atoms with Gasteiger partial charge < -0.3 is 4.42 Å². The van der Waals surface area contributed by atoms with Crippen LogP contribution in [0.3, 0.4) is 0 Å². The third kappa shape index (κ3) is 5.47. The molecular weight excluding hydrogens is 727 g/mol. The minimum Gasteiger partial charge on any atom is -0.455 e. The summed E-state index contributed by atoms with van der Waals surface area (Å²) in [5.74, 6) is 1.85. The van der Waals surface area contributed by atoms with Gasteiger partial charge in [-0.2, -0.15) is 0 Å². The molecule has 0 atom stereocenters. The van der Waals surface area contributed by atoms with E-state index in [4.69, 9.17) is 19.4 Å². The maximum Gasteiger partial charge on any atom is 0.164 e. The summed E-state index contributed by atoms with van der Waals surface area (Å²) in [6.45, 7) is 0. The molecule has 0 aliphatic heterocycles. The van der Waals surface area contributed by atoms with Crippen LogP contribution in [0.15, 0.2) is 192 Å². The summed E-state index contributed by atoms with van der Waals surface area (Å²) in [4.78, 5) is 15.7. The summed E-state index contributed by atoms with van der Waals surface area (Å²) in [5, 5.41) is 9.35. The lowest BCUT2D eigenvalue weighted by Crippen LogP contribution is -2.01. The predicted molar refractivity (Wildman–Crippen MR) is 242 cm³/mol. The molecule has 0 spiro atoms. The fraction of sp³-hybridized carbons (Fsp3) is 0. The third-order valence-corrected chi connectivity index (χ3v) is 12.4. The number of hydrogen-bond acceptors (Lipinski definition) is 5. The summed E-state index contributed by atoms with van der Waals surface area (Å²) >= 11 is 1.83. The number of nitrogens with zero attached hydrogens (tertiary/aromatic N) is 3. The number of furan rings is 1. The maximum absolute atomic E-state index is 6.61. The Kier molecular flexibility index (Phi) is 7.37. The van der Waals surface area contributed by atoms with E-state index in [0.29, 0.717) is 17.5 Å². The highest BCUT2D eigenvalue weighted by Gasteiger charge is 2.18. The highest BCUT2D eigenvalue weighted by Crippen LogP contribution is 2.41. The Morgan fingerprint density at radius 1 is 0.328 bits per heavy atom. The zero-order valence-corrected chi connectivity index (χ0v) is 31.9. The van der Waals surface area contributed by atoms with Gasteiger partial charge in [0.1, 0.15) is 11.2 Å². The van der Waals surface area contributed by atoms with Gasteiger partial charge in [0.15, 0.2) is 17.5 Å². The van der Waals surface area contributed by atoms with Gasteiger partial charge in [-0.05, 0) is 86.8 Å². The van der Waals surface area contributed by atoms with Crippen LogP contribution in [0.2, 0.25) is 0 Å². The molecule has 5 heteroatoms. The molecule has 0 aliphatic carbocycles. The molecule has 12 rings (SSSR count). The second kappa shape index (κ2) is 13.1. The van der Waals surface area contributed by atoms with Gasteiger partial charge in [-0.15, -0.1) is 11.3 Å². The first-order valence-corrected chi connectivity index (χ1v) is 20.2. The van der Waals surface area contributed by atoms with Crippen molar-refractivity contribution in [3.8, 4) is 56.4 Å². The zero-order chi connectivity index (χ0) is 38.2. The average Bonchev–Trinajstić information content (AvgIpc) is 3.86. The Morgan fingerprint density at radius 2 is 0.879 bits per heavy atom. The van der Waals surface area contributed by atoms with Crippen LogP contribution in [0.5, 0.6) is 0 Å². The highest BCUT2D eigenvalue weighted by molar-refractivity contribution is 7.25. The number of hydrogen-bond donors (Lipinski definition) is 0. The van der Waals surface area contributed by atoms with E-state index in [2.05, 4.69) is 176 Å². The van der Waals surface area contributed by atoms with Gasteiger partial charge in [0.2, 0.25) is 0 Å². The first-order chi connectivity index (χ1) is 28.7. The molecule has 3 heterocycles. The van der Waals surface area contributed by atoms with Crippen LogP contribution in [-0.2, 0) is 0 Å². The van der Waals surface area contributed by atoms with Gasteiger partial charge in [-0.25, -0.2) is 15.0 Å². The first-order valence-electron chi connectivity index (χ1n) is 19.4. The van der Waals surface area contributed by atoms with Gasteiger partial charge in [0.05, 0.1) is 0 Å². The van der Waals surface area contributed by atoms with Crippen LogP contribution in [0.25, 0.3) is 120 Å². The SMILES string of the molecule is c1ccc2cc(-c3nc(-c4cc(-c5ccc6c(c5)sc5ccccc56)cc(-c5cccc6c5oc5ccccc56)c4)nc(-c4ccc5ccccc5c4)n3)ccc2c1. The Morgan fingerprint density at radius 3 is 1.62 bits per heavy atom. The van der Waals surface area contributed by atoms with E-state index in [-0.39, 0.29) is 0 Å². The van der Waals surface area contributed by atoms with E-state index in [1.165, 1.54) is 30.9 Å². The molecule has 0 fully saturated rings. The van der Waals surface area contributed by atoms with Crippen molar-refractivity contribution in [1.29, 1.82) is 0 Å². The number of benzene rings is 9. The van der Waals surface area contributed by atoms with Gasteiger partial charge in [-0.1, -0.05) is 140 Å². The monoisotopic (exact) mass is 757 g/mol. The van der Waals surface area contributed by atoms with Crippen LogP contribution < -0.4 is 0 Å². The van der Waals surface area contributed by atoms with E-state index in [9.17, 15) is 0 Å². The van der Waals surface area contributed by atoms with Crippen LogP contribution in [0.1, 0.15) is 0 Å². The Hall–Kier alpha value is -7.47. The maximum atomic E-state index is 6.61. The fourth-order valence-corrected chi connectivity index (χ4v) is 9.52. The second-order valence-electron chi connectivity index (χ2n) is 14.8. The molecule has 3 aromatic heterocycles. The molecular formula is C53H31N3OS. The molecule has 0 bridgehead atoms. The molecule has 0 saturated carbocycles. The molecule has 58 heavy (non-hydrogen) atoms. The summed E-state index contributed by atoms with van der Waals surface area (Å²) in [6, 6.07) is 66.4. The summed E-state index contributed by atoms with van der Waals surface area (Å²) < 4.78 is 9.14. The Bertz CT molecular complexity index is 3500. The first kappa shape index (κ1) is 32.7. The second-order valence-corrected chi connectivity index (χ2v) is 15.9. The standard InChI is InChI=1S/C53H31N3OS/c1-3-12-34-26-37(22-20-32(34)10-1)51-54-52(38-23-21-33-11-2-4-13-35(33)27-38)56-53(55-51)41-29-39(36-24-25-45-44-15-6-8-19-48(44)58-49(45)31-36)28-40(30-41)42-16-9-17-46-43-14-5-7-18-47(43)57-50(42)46/h1-31H. The normalized spacial score (nSPS) is 11.8. The van der Waals surface area contributed by atoms with Crippen molar-refractivity contribution in [2.75, 3.05) is 0 Å². The van der Waals surface area contributed by atoms with Crippen molar-refractivity contribution in [3.63, 3.8) is 0 Å². The van der Waals surface area contributed by atoms with Crippen molar-refractivity contribution in [3.05, 3.63) is 188 Å². The summed E-state index contributed by atoms with van der Waals surface area (Å²) in [5.41, 5.74) is 8.71. The molecule has 0 aliphatic rings. The fourth-order valence-electron chi connectivity index (χ4n) is 8.38. The molecule has 0 N–H and O–H groups in total. The minimum absolute atomic E-state index is 0.601. The minimum atomic E-state index is 0.601.